The van der Waals surface area contributed by atoms with E-state index >= 15 is 0 Å². The Kier molecular flexibility index (Phi) is 13.4. The van der Waals surface area contributed by atoms with E-state index in [1.807, 2.05) is 30.3 Å². The van der Waals surface area contributed by atoms with Gasteiger partial charge in [-0.05, 0) is 37.7 Å². The second-order valence-electron chi connectivity index (χ2n) is 12.1. The first-order chi connectivity index (χ1) is 24.0. The molecule has 2 aliphatic heterocycles. The fraction of sp³-hybridized carbons (Fsp3) is 0.500. The summed E-state index contributed by atoms with van der Waals surface area (Å²) in [5.41, 5.74) is 7.51. The zero-order valence-corrected chi connectivity index (χ0v) is 27.4. The molecule has 6 amide bonds. The molecule has 0 aliphatic carbocycles. The summed E-state index contributed by atoms with van der Waals surface area (Å²) in [4.78, 5) is 98.4. The van der Waals surface area contributed by atoms with Gasteiger partial charge in [0.05, 0.1) is 32.1 Å². The lowest BCUT2D eigenvalue weighted by atomic mass is 10.1. The van der Waals surface area contributed by atoms with Crippen LogP contribution >= 0.6 is 0 Å². The normalized spacial score (nSPS) is 18.8. The molecule has 0 spiro atoms. The van der Waals surface area contributed by atoms with E-state index in [0.29, 0.717) is 44.3 Å². The molecule has 1 aromatic carbocycles. The van der Waals surface area contributed by atoms with Crippen LogP contribution in [0, 0.1) is 0 Å². The Bertz CT molecular complexity index is 1520. The topological polar surface area (TPSA) is 269 Å². The predicted molar refractivity (Wildman–Crippen MR) is 174 cm³/mol. The third-order valence-corrected chi connectivity index (χ3v) is 8.60. The third-order valence-electron chi connectivity index (χ3n) is 8.60. The van der Waals surface area contributed by atoms with Crippen molar-refractivity contribution in [1.82, 2.24) is 41.0 Å². The van der Waals surface area contributed by atoms with Crippen molar-refractivity contribution in [3.8, 4) is 0 Å². The maximum absolute atomic E-state index is 13.3. The minimum absolute atomic E-state index is 0.0977. The molecule has 0 unspecified atom stereocenters. The van der Waals surface area contributed by atoms with Gasteiger partial charge in [-0.1, -0.05) is 30.3 Å². The molecule has 18 nitrogen and oxygen atoms in total. The number of carbonyl (C=O) groups excluding carboxylic acids is 6. The van der Waals surface area contributed by atoms with Crippen molar-refractivity contribution in [3.05, 3.63) is 54.1 Å². The van der Waals surface area contributed by atoms with Gasteiger partial charge < -0.3 is 52.0 Å². The van der Waals surface area contributed by atoms with Crippen molar-refractivity contribution in [1.29, 1.82) is 0 Å². The fourth-order valence-electron chi connectivity index (χ4n) is 6.00. The number of H-pyrrole nitrogens is 1. The highest BCUT2D eigenvalue weighted by Crippen LogP contribution is 2.19. The third kappa shape index (κ3) is 10.1. The van der Waals surface area contributed by atoms with E-state index < -0.39 is 85.4 Å². The number of likely N-dealkylation sites (tertiary alicyclic amines) is 2. The van der Waals surface area contributed by atoms with Crippen LogP contribution in [0.2, 0.25) is 0 Å². The number of hydrogen-bond acceptors (Lipinski definition) is 10. The number of carboxylic acids is 1. The lowest BCUT2D eigenvalue weighted by Gasteiger charge is -2.27. The zero-order valence-electron chi connectivity index (χ0n) is 27.4. The van der Waals surface area contributed by atoms with Gasteiger partial charge in [0, 0.05) is 31.4 Å². The molecule has 4 rings (SSSR count). The van der Waals surface area contributed by atoms with Crippen LogP contribution < -0.4 is 27.0 Å². The van der Waals surface area contributed by atoms with Gasteiger partial charge in [-0.3, -0.25) is 28.8 Å². The van der Waals surface area contributed by atoms with Gasteiger partial charge in [-0.2, -0.15) is 0 Å². The highest BCUT2D eigenvalue weighted by Gasteiger charge is 2.37. The molecular weight excluding hydrogens is 654 g/mol. The monoisotopic (exact) mass is 697 g/mol. The first kappa shape index (κ1) is 37.5. The number of aromatic nitrogens is 2. The maximum atomic E-state index is 13.3. The maximum Gasteiger partial charge on any atom is 0.326 e. The Labute approximate surface area is 287 Å². The van der Waals surface area contributed by atoms with Crippen molar-refractivity contribution in [3.63, 3.8) is 0 Å². The van der Waals surface area contributed by atoms with Crippen molar-refractivity contribution < 1.29 is 43.8 Å². The quantitative estimate of drug-likeness (QED) is 0.0865. The SMILES string of the molecule is N[C@@H](Cc1ccccc1)C(=O)N1CCC[C@H]1C(=O)NCC(=O)N[C@@H](Cc1cnc[nH]1)C(=O)N[C@@H](CO)C(=O)NCC(=O)N1CCC[C@H]1C(=O)O. The Hall–Kier alpha value is -5.36. The average Bonchev–Trinajstić information content (AvgIpc) is 3.91. The van der Waals surface area contributed by atoms with E-state index in [1.165, 1.54) is 17.4 Å². The van der Waals surface area contributed by atoms with E-state index in [9.17, 15) is 43.8 Å². The number of rotatable bonds is 16. The van der Waals surface area contributed by atoms with Crippen LogP contribution in [0.25, 0.3) is 0 Å². The molecule has 0 saturated carbocycles. The number of nitrogens with one attached hydrogen (secondary N) is 5. The summed E-state index contributed by atoms with van der Waals surface area (Å²) in [6, 6.07) is 3.79. The molecule has 2 aromatic rings. The first-order valence-corrected chi connectivity index (χ1v) is 16.3. The number of nitrogens with two attached hydrogens (primary N) is 1. The molecule has 270 valence electrons. The molecule has 0 bridgehead atoms. The number of carboxylic acid groups (broad SMARTS) is 1. The summed E-state index contributed by atoms with van der Waals surface area (Å²) in [5.74, 6) is -5.21. The van der Waals surface area contributed by atoms with Crippen LogP contribution in [-0.4, -0.2) is 134 Å². The zero-order chi connectivity index (χ0) is 36.2. The largest absolute Gasteiger partial charge is 0.480 e. The summed E-state index contributed by atoms with van der Waals surface area (Å²) < 4.78 is 0. The van der Waals surface area contributed by atoms with Crippen LogP contribution in [0.5, 0.6) is 0 Å². The van der Waals surface area contributed by atoms with Gasteiger partial charge in [0.1, 0.15) is 24.2 Å². The van der Waals surface area contributed by atoms with Gasteiger partial charge >= 0.3 is 5.97 Å². The summed E-state index contributed by atoms with van der Waals surface area (Å²) in [6.45, 7) is -1.36. The number of aliphatic carboxylic acids is 1. The number of hydrogen-bond donors (Lipinski definition) is 8. The smallest absolute Gasteiger partial charge is 0.326 e. The summed E-state index contributed by atoms with van der Waals surface area (Å²) in [7, 11) is 0. The highest BCUT2D eigenvalue weighted by atomic mass is 16.4. The number of aromatic amines is 1. The lowest BCUT2D eigenvalue weighted by molar-refractivity contribution is -0.148. The molecular formula is C32H43N9O9. The highest BCUT2D eigenvalue weighted by molar-refractivity contribution is 5.96. The van der Waals surface area contributed by atoms with Crippen molar-refractivity contribution in [2.24, 2.45) is 5.73 Å². The molecule has 1 aromatic heterocycles. The Morgan fingerprint density at radius 2 is 1.58 bits per heavy atom. The number of amides is 6. The van der Waals surface area contributed by atoms with Crippen LogP contribution in [0.4, 0.5) is 0 Å². The molecule has 3 heterocycles. The molecule has 2 aliphatic rings. The average molecular weight is 698 g/mol. The van der Waals surface area contributed by atoms with Crippen LogP contribution in [-0.2, 0) is 46.4 Å². The molecule has 50 heavy (non-hydrogen) atoms. The second-order valence-corrected chi connectivity index (χ2v) is 12.1. The number of carbonyl (C=O) groups is 7. The number of aliphatic hydroxyl groups is 1. The standard InChI is InChI=1S/C32H43N9O9/c33-21(12-19-6-2-1-3-7-19)31(48)41-11-4-8-24(41)30(47)35-15-26(43)38-22(13-20-14-34-18-37-20)29(46)39-23(17-42)28(45)36-16-27(44)40-10-5-9-25(40)32(49)50/h1-3,6-7,14,18,21-25,42H,4-5,8-13,15-17,33H2,(H,34,37)(H,35,47)(H,36,45)(H,38,43)(H,39,46)(H,49,50)/t21-,22-,23-,24-,25-/m0/s1. The van der Waals surface area contributed by atoms with Gasteiger partial charge in [0.15, 0.2) is 0 Å². The molecule has 2 fully saturated rings. The van der Waals surface area contributed by atoms with E-state index in [2.05, 4.69) is 31.2 Å². The van der Waals surface area contributed by atoms with Crippen LogP contribution in [0.3, 0.4) is 0 Å². The second kappa shape index (κ2) is 17.9. The first-order valence-electron chi connectivity index (χ1n) is 16.3. The van der Waals surface area contributed by atoms with E-state index in [0.717, 1.165) is 10.5 Å². The van der Waals surface area contributed by atoms with Crippen LogP contribution in [0.1, 0.15) is 36.9 Å². The van der Waals surface area contributed by atoms with E-state index in [4.69, 9.17) is 5.73 Å². The van der Waals surface area contributed by atoms with Crippen molar-refractivity contribution >= 4 is 41.4 Å². The molecule has 2 saturated heterocycles. The summed E-state index contributed by atoms with van der Waals surface area (Å²) in [5, 5.41) is 28.8. The summed E-state index contributed by atoms with van der Waals surface area (Å²) in [6.07, 6.45) is 4.75. The van der Waals surface area contributed by atoms with Crippen molar-refractivity contribution in [2.75, 3.05) is 32.8 Å². The molecule has 9 N–H and O–H groups in total. The van der Waals surface area contributed by atoms with Gasteiger partial charge in [-0.15, -0.1) is 0 Å². The van der Waals surface area contributed by atoms with E-state index in [1.54, 1.807) is 0 Å². The number of benzene rings is 1. The minimum Gasteiger partial charge on any atom is -0.480 e. The molecule has 5 atom stereocenters. The minimum atomic E-state index is -1.51. The Morgan fingerprint density at radius 3 is 2.24 bits per heavy atom. The lowest BCUT2D eigenvalue weighted by Crippen LogP contribution is -2.57. The molecule has 0 radical (unpaired) electrons. The van der Waals surface area contributed by atoms with E-state index in [-0.39, 0.29) is 18.9 Å². The van der Waals surface area contributed by atoms with Crippen LogP contribution in [0.15, 0.2) is 42.9 Å². The molecule has 18 heteroatoms. The number of aliphatic hydroxyl groups excluding tert-OH is 1. The predicted octanol–water partition coefficient (Wildman–Crippen LogP) is -3.22. The number of imidazole rings is 1. The van der Waals surface area contributed by atoms with Crippen molar-refractivity contribution in [2.45, 2.75) is 68.7 Å². The fourth-order valence-corrected chi connectivity index (χ4v) is 6.00. The van der Waals surface area contributed by atoms with Gasteiger partial charge in [0.25, 0.3) is 0 Å². The Balaban J connectivity index is 1.30. The van der Waals surface area contributed by atoms with Gasteiger partial charge in [-0.25, -0.2) is 9.78 Å². The summed E-state index contributed by atoms with van der Waals surface area (Å²) >= 11 is 0. The van der Waals surface area contributed by atoms with Gasteiger partial charge in [0.2, 0.25) is 35.4 Å². The Morgan fingerprint density at radius 1 is 0.880 bits per heavy atom. The number of nitrogens with zero attached hydrogens (tertiary/aromatic N) is 3.